The summed E-state index contributed by atoms with van der Waals surface area (Å²) in [7, 11) is 0. The van der Waals surface area contributed by atoms with Gasteiger partial charge in [0.2, 0.25) is 5.91 Å². The number of carbonyl (C=O) groups excluding carboxylic acids is 3. The third kappa shape index (κ3) is 7.75. The number of hydrogen-bond acceptors (Lipinski definition) is 3. The van der Waals surface area contributed by atoms with Crippen molar-refractivity contribution in [3.8, 4) is 0 Å². The van der Waals surface area contributed by atoms with E-state index in [0.29, 0.717) is 43.6 Å². The van der Waals surface area contributed by atoms with Gasteiger partial charge in [-0.1, -0.05) is 31.4 Å². The lowest BCUT2D eigenvalue weighted by Crippen LogP contribution is -2.43. The van der Waals surface area contributed by atoms with Gasteiger partial charge in [-0.25, -0.2) is 4.79 Å². The number of carbonyl (C=O) groups is 3. The first-order valence-corrected chi connectivity index (χ1v) is 10.8. The normalized spacial score (nSPS) is 16.7. The van der Waals surface area contributed by atoms with E-state index < -0.39 is 0 Å². The Labute approximate surface area is 172 Å². The summed E-state index contributed by atoms with van der Waals surface area (Å²) in [6, 6.07) is 7.79. The molecule has 4 N–H and O–H groups in total. The molecule has 2 aliphatic carbocycles. The van der Waals surface area contributed by atoms with E-state index in [-0.39, 0.29) is 17.8 Å². The number of benzene rings is 1. The van der Waals surface area contributed by atoms with Crippen molar-refractivity contribution < 1.29 is 14.4 Å². The Balaban J connectivity index is 1.25. The van der Waals surface area contributed by atoms with E-state index in [0.717, 1.165) is 31.2 Å². The van der Waals surface area contributed by atoms with Crippen LogP contribution >= 0.6 is 0 Å². The van der Waals surface area contributed by atoms with Crippen LogP contribution in [0, 0.1) is 0 Å². The Morgan fingerprint density at radius 1 is 0.828 bits per heavy atom. The molecule has 0 unspecified atom stereocenters. The second kappa shape index (κ2) is 10.8. The van der Waals surface area contributed by atoms with Crippen LogP contribution in [0.5, 0.6) is 0 Å². The molecule has 29 heavy (non-hydrogen) atoms. The molecule has 3 rings (SSSR count). The zero-order valence-corrected chi connectivity index (χ0v) is 17.0. The maximum Gasteiger partial charge on any atom is 0.315 e. The number of urea groups is 1. The van der Waals surface area contributed by atoms with Crippen molar-refractivity contribution in [3.63, 3.8) is 0 Å². The average Bonchev–Trinajstić information content (AvgIpc) is 3.55. The molecule has 1 aromatic rings. The molecule has 1 aromatic carbocycles. The standard InChI is InChI=1S/C22H32N4O3/c27-20(7-4-14-23-22(29)26-18-5-2-1-3-6-18)24-15-16-8-10-17(11-9-16)21(28)25-19-12-13-19/h8-11,18-19H,1-7,12-15H2,(H,24,27)(H,25,28)(H2,23,26,29). The summed E-state index contributed by atoms with van der Waals surface area (Å²) < 4.78 is 0. The monoisotopic (exact) mass is 400 g/mol. The van der Waals surface area contributed by atoms with Gasteiger partial charge in [-0.2, -0.15) is 0 Å². The molecule has 4 amide bonds. The van der Waals surface area contributed by atoms with E-state index in [4.69, 9.17) is 0 Å². The van der Waals surface area contributed by atoms with Crippen LogP contribution in [0.2, 0.25) is 0 Å². The van der Waals surface area contributed by atoms with Crippen LogP contribution in [0.15, 0.2) is 24.3 Å². The minimum Gasteiger partial charge on any atom is -0.352 e. The zero-order chi connectivity index (χ0) is 20.5. The van der Waals surface area contributed by atoms with Gasteiger partial charge in [-0.3, -0.25) is 9.59 Å². The first-order chi connectivity index (χ1) is 14.1. The highest BCUT2D eigenvalue weighted by Gasteiger charge is 2.23. The van der Waals surface area contributed by atoms with E-state index >= 15 is 0 Å². The van der Waals surface area contributed by atoms with Crippen LogP contribution in [0.25, 0.3) is 0 Å². The summed E-state index contributed by atoms with van der Waals surface area (Å²) in [6.45, 7) is 0.912. The molecule has 0 radical (unpaired) electrons. The summed E-state index contributed by atoms with van der Waals surface area (Å²) >= 11 is 0. The van der Waals surface area contributed by atoms with Crippen LogP contribution in [0.1, 0.15) is 73.7 Å². The lowest BCUT2D eigenvalue weighted by atomic mass is 9.96. The number of amides is 4. The van der Waals surface area contributed by atoms with Crippen molar-refractivity contribution in [1.82, 2.24) is 21.3 Å². The third-order valence-electron chi connectivity index (χ3n) is 5.42. The molecule has 0 aliphatic heterocycles. The van der Waals surface area contributed by atoms with Crippen LogP contribution in [0.3, 0.4) is 0 Å². The van der Waals surface area contributed by atoms with Crippen LogP contribution < -0.4 is 21.3 Å². The van der Waals surface area contributed by atoms with Crippen molar-refractivity contribution >= 4 is 17.8 Å². The predicted molar refractivity (Wildman–Crippen MR) is 111 cm³/mol. The van der Waals surface area contributed by atoms with Gasteiger partial charge in [0, 0.05) is 37.2 Å². The molecule has 0 spiro atoms. The maximum atomic E-state index is 12.0. The topological polar surface area (TPSA) is 99.3 Å². The molecule has 0 bridgehead atoms. The van der Waals surface area contributed by atoms with Crippen molar-refractivity contribution in [2.75, 3.05) is 6.54 Å². The van der Waals surface area contributed by atoms with Crippen molar-refractivity contribution in [1.29, 1.82) is 0 Å². The fourth-order valence-electron chi connectivity index (χ4n) is 3.49. The highest BCUT2D eigenvalue weighted by molar-refractivity contribution is 5.94. The van der Waals surface area contributed by atoms with E-state index in [2.05, 4.69) is 21.3 Å². The highest BCUT2D eigenvalue weighted by Crippen LogP contribution is 2.19. The summed E-state index contributed by atoms with van der Waals surface area (Å²) in [4.78, 5) is 35.8. The van der Waals surface area contributed by atoms with E-state index in [1.54, 1.807) is 12.1 Å². The van der Waals surface area contributed by atoms with E-state index in [9.17, 15) is 14.4 Å². The van der Waals surface area contributed by atoms with Crippen LogP contribution in [-0.4, -0.2) is 36.5 Å². The predicted octanol–water partition coefficient (Wildman–Crippen LogP) is 2.61. The van der Waals surface area contributed by atoms with Gasteiger partial charge in [0.05, 0.1) is 0 Å². The van der Waals surface area contributed by atoms with E-state index in [1.165, 1.54) is 19.3 Å². The largest absolute Gasteiger partial charge is 0.352 e. The average molecular weight is 401 g/mol. The van der Waals surface area contributed by atoms with Gasteiger partial charge in [0.1, 0.15) is 0 Å². The highest BCUT2D eigenvalue weighted by atomic mass is 16.2. The second-order valence-corrected chi connectivity index (χ2v) is 8.06. The molecule has 0 aromatic heterocycles. The SMILES string of the molecule is O=C(CCCNC(=O)NC1CCCCC1)NCc1ccc(C(=O)NC2CC2)cc1. The summed E-state index contributed by atoms with van der Waals surface area (Å²) in [6.07, 6.45) is 8.84. The first-order valence-electron chi connectivity index (χ1n) is 10.8. The molecule has 7 heteroatoms. The first kappa shape index (κ1) is 21.1. The van der Waals surface area contributed by atoms with Crippen LogP contribution in [-0.2, 0) is 11.3 Å². The van der Waals surface area contributed by atoms with Crippen molar-refractivity contribution in [3.05, 3.63) is 35.4 Å². The number of rotatable bonds is 9. The van der Waals surface area contributed by atoms with Gasteiger partial charge >= 0.3 is 6.03 Å². The Morgan fingerprint density at radius 3 is 2.21 bits per heavy atom. The Hall–Kier alpha value is -2.57. The lowest BCUT2D eigenvalue weighted by Gasteiger charge is -2.22. The molecule has 2 fully saturated rings. The molecule has 2 saturated carbocycles. The van der Waals surface area contributed by atoms with Gasteiger partial charge in [-0.05, 0) is 49.8 Å². The van der Waals surface area contributed by atoms with E-state index in [1.807, 2.05) is 12.1 Å². The van der Waals surface area contributed by atoms with Gasteiger partial charge in [0.25, 0.3) is 5.91 Å². The zero-order valence-electron chi connectivity index (χ0n) is 17.0. The molecule has 0 saturated heterocycles. The molecule has 0 atom stereocenters. The lowest BCUT2D eigenvalue weighted by molar-refractivity contribution is -0.121. The maximum absolute atomic E-state index is 12.0. The summed E-state index contributed by atoms with van der Waals surface area (Å²) in [5, 5.41) is 11.7. The third-order valence-corrected chi connectivity index (χ3v) is 5.42. The molecular formula is C22H32N4O3. The smallest absolute Gasteiger partial charge is 0.315 e. The van der Waals surface area contributed by atoms with Crippen molar-refractivity contribution in [2.45, 2.75) is 76.4 Å². The molecule has 2 aliphatic rings. The van der Waals surface area contributed by atoms with Gasteiger partial charge in [-0.15, -0.1) is 0 Å². The Morgan fingerprint density at radius 2 is 1.52 bits per heavy atom. The van der Waals surface area contributed by atoms with Crippen LogP contribution in [0.4, 0.5) is 4.79 Å². The Bertz CT molecular complexity index is 695. The number of nitrogens with one attached hydrogen (secondary N) is 4. The minimum atomic E-state index is -0.136. The van der Waals surface area contributed by atoms with Gasteiger partial charge in [0.15, 0.2) is 0 Å². The summed E-state index contributed by atoms with van der Waals surface area (Å²) in [5.74, 6) is -0.0850. The molecule has 0 heterocycles. The summed E-state index contributed by atoms with van der Waals surface area (Å²) in [5.41, 5.74) is 1.59. The second-order valence-electron chi connectivity index (χ2n) is 8.06. The molecule has 158 valence electrons. The quantitative estimate of drug-likeness (QED) is 0.480. The Kier molecular flexibility index (Phi) is 7.90. The van der Waals surface area contributed by atoms with Gasteiger partial charge < -0.3 is 21.3 Å². The molecule has 7 nitrogen and oxygen atoms in total. The minimum absolute atomic E-state index is 0.0388. The molecular weight excluding hydrogens is 368 g/mol. The fourth-order valence-corrected chi connectivity index (χ4v) is 3.49. The number of hydrogen-bond donors (Lipinski definition) is 4. The fraction of sp³-hybridized carbons (Fsp3) is 0.591. The van der Waals surface area contributed by atoms with Crippen molar-refractivity contribution in [2.24, 2.45) is 0 Å².